The van der Waals surface area contributed by atoms with Crippen LogP contribution in [0.1, 0.15) is 82.7 Å². The summed E-state index contributed by atoms with van der Waals surface area (Å²) >= 11 is 0. The third-order valence-electron chi connectivity index (χ3n) is 6.08. The van der Waals surface area contributed by atoms with Crippen LogP contribution in [0.15, 0.2) is 30.3 Å². The number of methoxy groups -OCH3 is 1. The van der Waals surface area contributed by atoms with Crippen LogP contribution in [0.5, 0.6) is 11.5 Å². The summed E-state index contributed by atoms with van der Waals surface area (Å²) in [5.41, 5.74) is 0.188. The molecule has 1 aliphatic rings. The molecule has 204 valence electrons. The molecule has 10 nitrogen and oxygen atoms in total. The van der Waals surface area contributed by atoms with E-state index in [0.29, 0.717) is 30.1 Å². The Labute approximate surface area is 222 Å². The van der Waals surface area contributed by atoms with Crippen LogP contribution in [0.3, 0.4) is 0 Å². The normalized spacial score (nSPS) is 13.8. The minimum atomic E-state index is -3.71. The zero-order valence-corrected chi connectivity index (χ0v) is 22.9. The molecule has 38 heavy (non-hydrogen) atoms. The van der Waals surface area contributed by atoms with Crippen molar-refractivity contribution in [3.8, 4) is 11.5 Å². The minimum absolute atomic E-state index is 0.0613. The number of anilines is 1. The van der Waals surface area contributed by atoms with Gasteiger partial charge in [0, 0.05) is 25.2 Å². The number of fused-ring (bicyclic) bond motifs is 1. The number of imide groups is 1. The molecule has 2 aromatic carbocycles. The highest BCUT2D eigenvalue weighted by Gasteiger charge is 2.45. The molecule has 1 aliphatic heterocycles. The van der Waals surface area contributed by atoms with Crippen molar-refractivity contribution < 1.29 is 37.1 Å². The first kappa shape index (κ1) is 28.8. The van der Waals surface area contributed by atoms with E-state index in [-0.39, 0.29) is 34.6 Å². The molecular weight excluding hydrogens is 512 g/mol. The minimum Gasteiger partial charge on any atom is -0.493 e. The van der Waals surface area contributed by atoms with Crippen LogP contribution in [0.25, 0.3) is 0 Å². The van der Waals surface area contributed by atoms with Crippen molar-refractivity contribution in [3.05, 3.63) is 52.6 Å². The Hall–Kier alpha value is -3.73. The van der Waals surface area contributed by atoms with E-state index in [9.17, 15) is 27.6 Å². The lowest BCUT2D eigenvalue weighted by molar-refractivity contribution is -0.114. The van der Waals surface area contributed by atoms with Crippen LogP contribution in [0, 0.1) is 0 Å². The Morgan fingerprint density at radius 1 is 1.03 bits per heavy atom. The molecule has 3 amide bonds. The van der Waals surface area contributed by atoms with Crippen LogP contribution in [-0.2, 0) is 14.6 Å². The molecule has 1 heterocycles. The maximum Gasteiger partial charge on any atom is 0.264 e. The maximum atomic E-state index is 13.9. The molecule has 2 aromatic rings. The fraction of sp³-hybridized carbons (Fsp3) is 0.407. The molecule has 0 unspecified atom stereocenters. The molecule has 11 heteroatoms. The quantitative estimate of drug-likeness (QED) is 0.315. The number of sulfone groups is 1. The van der Waals surface area contributed by atoms with Gasteiger partial charge in [-0.1, -0.05) is 19.4 Å². The summed E-state index contributed by atoms with van der Waals surface area (Å²) in [7, 11) is -2.25. The zero-order valence-electron chi connectivity index (χ0n) is 22.1. The fourth-order valence-corrected chi connectivity index (χ4v) is 5.35. The highest BCUT2D eigenvalue weighted by Crippen LogP contribution is 2.40. The van der Waals surface area contributed by atoms with Crippen molar-refractivity contribution >= 4 is 39.0 Å². The molecule has 0 aromatic heterocycles. The summed E-state index contributed by atoms with van der Waals surface area (Å²) in [4.78, 5) is 53.4. The first-order valence-corrected chi connectivity index (χ1v) is 14.3. The molecule has 0 saturated carbocycles. The lowest BCUT2D eigenvalue weighted by Gasteiger charge is -2.27. The predicted octanol–water partition coefficient (Wildman–Crippen LogP) is 3.81. The summed E-state index contributed by atoms with van der Waals surface area (Å²) in [6.45, 7) is 5.25. The largest absolute Gasteiger partial charge is 0.493 e. The number of ether oxygens (including phenoxy) is 2. The monoisotopic (exact) mass is 544 g/mol. The molecule has 0 spiro atoms. The Bertz CT molecular complexity index is 1380. The molecule has 3 rings (SSSR count). The number of rotatable bonds is 12. The SMILES string of the molecule is CCCCC(=O)c1ccc(NC(C)=O)c2c1C(=O)N([C@H](CS(C)(=O)=O)c1ccc(OC)c(OCC)c1)C2=O. The van der Waals surface area contributed by atoms with Crippen molar-refractivity contribution in [3.63, 3.8) is 0 Å². The summed E-state index contributed by atoms with van der Waals surface area (Å²) in [6, 6.07) is 6.26. The van der Waals surface area contributed by atoms with E-state index in [1.54, 1.807) is 19.1 Å². The van der Waals surface area contributed by atoms with E-state index >= 15 is 0 Å². The Balaban J connectivity index is 2.22. The number of amides is 3. The number of carbonyl (C=O) groups excluding carboxylic acids is 4. The number of unbranched alkanes of at least 4 members (excludes halogenated alkanes) is 1. The Morgan fingerprint density at radius 2 is 1.71 bits per heavy atom. The lowest BCUT2D eigenvalue weighted by Crippen LogP contribution is -2.38. The first-order valence-electron chi connectivity index (χ1n) is 12.3. The number of nitrogens with zero attached hydrogens (tertiary/aromatic N) is 1. The zero-order chi connectivity index (χ0) is 28.2. The molecule has 0 bridgehead atoms. The summed E-state index contributed by atoms with van der Waals surface area (Å²) < 4.78 is 35.9. The van der Waals surface area contributed by atoms with Gasteiger partial charge in [-0.15, -0.1) is 0 Å². The molecule has 0 aliphatic carbocycles. The number of hydrogen-bond acceptors (Lipinski definition) is 8. The average Bonchev–Trinajstić information content (AvgIpc) is 3.11. The number of Topliss-reactive ketones (excluding diaryl/α,β-unsaturated/α-hetero) is 1. The number of carbonyl (C=O) groups is 4. The number of hydrogen-bond donors (Lipinski definition) is 1. The van der Waals surface area contributed by atoms with Crippen molar-refractivity contribution in [1.29, 1.82) is 0 Å². The fourth-order valence-electron chi connectivity index (χ4n) is 4.44. The third kappa shape index (κ3) is 6.04. The first-order chi connectivity index (χ1) is 17.9. The van der Waals surface area contributed by atoms with Crippen LogP contribution >= 0.6 is 0 Å². The summed E-state index contributed by atoms with van der Waals surface area (Å²) in [6.07, 6.45) is 2.53. The molecule has 0 radical (unpaired) electrons. The summed E-state index contributed by atoms with van der Waals surface area (Å²) in [5, 5.41) is 2.55. The predicted molar refractivity (Wildman–Crippen MR) is 142 cm³/mol. The van der Waals surface area contributed by atoms with Gasteiger partial charge in [0.15, 0.2) is 17.3 Å². The molecule has 1 atom stereocenters. The van der Waals surface area contributed by atoms with Crippen molar-refractivity contribution in [2.45, 2.75) is 46.1 Å². The Morgan fingerprint density at radius 3 is 2.29 bits per heavy atom. The number of benzene rings is 2. The van der Waals surface area contributed by atoms with Crippen molar-refractivity contribution in [1.82, 2.24) is 4.90 Å². The van der Waals surface area contributed by atoms with Gasteiger partial charge in [0.1, 0.15) is 9.84 Å². The third-order valence-corrected chi connectivity index (χ3v) is 7.00. The van der Waals surface area contributed by atoms with E-state index in [0.717, 1.165) is 17.6 Å². The van der Waals surface area contributed by atoms with Gasteiger partial charge >= 0.3 is 0 Å². The highest BCUT2D eigenvalue weighted by atomic mass is 32.2. The van der Waals surface area contributed by atoms with Gasteiger partial charge in [-0.2, -0.15) is 0 Å². The number of ketones is 1. The van der Waals surface area contributed by atoms with E-state index in [1.165, 1.54) is 32.2 Å². The van der Waals surface area contributed by atoms with Crippen LogP contribution in [0.2, 0.25) is 0 Å². The molecule has 0 fully saturated rings. The second-order valence-corrected chi connectivity index (χ2v) is 11.2. The van der Waals surface area contributed by atoms with Gasteiger partial charge in [-0.05, 0) is 43.2 Å². The summed E-state index contributed by atoms with van der Waals surface area (Å²) in [5.74, 6) is -2.25. The van der Waals surface area contributed by atoms with Gasteiger partial charge in [0.25, 0.3) is 11.8 Å². The van der Waals surface area contributed by atoms with Crippen LogP contribution in [0.4, 0.5) is 5.69 Å². The van der Waals surface area contributed by atoms with E-state index < -0.39 is 39.4 Å². The Kier molecular flexibility index (Phi) is 8.93. The lowest BCUT2D eigenvalue weighted by atomic mass is 9.95. The van der Waals surface area contributed by atoms with Gasteiger partial charge in [-0.25, -0.2) is 8.42 Å². The molecule has 1 N–H and O–H groups in total. The van der Waals surface area contributed by atoms with Gasteiger partial charge in [0.2, 0.25) is 5.91 Å². The second kappa shape index (κ2) is 11.8. The van der Waals surface area contributed by atoms with E-state index in [4.69, 9.17) is 9.47 Å². The smallest absolute Gasteiger partial charge is 0.264 e. The average molecular weight is 545 g/mol. The van der Waals surface area contributed by atoms with Gasteiger partial charge in [-0.3, -0.25) is 24.1 Å². The topological polar surface area (TPSA) is 136 Å². The molecule has 0 saturated heterocycles. The standard InChI is InChI=1S/C27H32N2O8S/c1-6-8-9-21(31)18-11-12-19(28-16(3)30)25-24(18)26(32)29(27(25)33)20(15-38(5,34)35)17-10-13-22(36-4)23(14-17)37-7-2/h10-14,20H,6-9,15H2,1-5H3,(H,28,30)/t20-/m1/s1. The van der Waals surface area contributed by atoms with E-state index in [2.05, 4.69) is 5.32 Å². The van der Waals surface area contributed by atoms with Crippen LogP contribution in [-0.4, -0.2) is 62.5 Å². The van der Waals surface area contributed by atoms with Crippen molar-refractivity contribution in [2.75, 3.05) is 31.0 Å². The van der Waals surface area contributed by atoms with Gasteiger partial charge < -0.3 is 14.8 Å². The number of nitrogens with one attached hydrogen (secondary N) is 1. The second-order valence-electron chi connectivity index (χ2n) is 9.05. The van der Waals surface area contributed by atoms with Crippen LogP contribution < -0.4 is 14.8 Å². The van der Waals surface area contributed by atoms with E-state index in [1.807, 2.05) is 6.92 Å². The van der Waals surface area contributed by atoms with Crippen molar-refractivity contribution in [2.24, 2.45) is 0 Å². The van der Waals surface area contributed by atoms with Gasteiger partial charge in [0.05, 0.1) is 42.3 Å². The maximum absolute atomic E-state index is 13.9. The highest BCUT2D eigenvalue weighted by molar-refractivity contribution is 7.90. The molecular formula is C27H32N2O8S.